The summed E-state index contributed by atoms with van der Waals surface area (Å²) >= 11 is 0. The van der Waals surface area contributed by atoms with Gasteiger partial charge < -0.3 is 5.73 Å². The van der Waals surface area contributed by atoms with E-state index in [0.717, 1.165) is 5.69 Å². The fourth-order valence-corrected chi connectivity index (χ4v) is 2.42. The van der Waals surface area contributed by atoms with Gasteiger partial charge in [-0.25, -0.2) is 0 Å². The highest BCUT2D eigenvalue weighted by Crippen LogP contribution is 2.34. The monoisotopic (exact) mass is 190 g/mol. The van der Waals surface area contributed by atoms with Crippen molar-refractivity contribution in [3.05, 3.63) is 29.6 Å². The summed E-state index contributed by atoms with van der Waals surface area (Å²) in [6, 6.07) is 4.30. The molecule has 0 amide bonds. The Hall–Kier alpha value is -0.890. The highest BCUT2D eigenvalue weighted by atomic mass is 14.7. The maximum absolute atomic E-state index is 6.26. The van der Waals surface area contributed by atoms with Crippen molar-refractivity contribution in [2.24, 2.45) is 11.7 Å². The molecular weight excluding hydrogens is 172 g/mol. The average molecular weight is 190 g/mol. The lowest BCUT2D eigenvalue weighted by Gasteiger charge is -2.20. The zero-order chi connectivity index (χ0) is 9.97. The summed E-state index contributed by atoms with van der Waals surface area (Å²) in [5, 5.41) is 0. The van der Waals surface area contributed by atoms with Gasteiger partial charge in [0.2, 0.25) is 0 Å². The van der Waals surface area contributed by atoms with Crippen LogP contribution in [0.3, 0.4) is 0 Å². The quantitative estimate of drug-likeness (QED) is 0.778. The van der Waals surface area contributed by atoms with E-state index < -0.39 is 0 Å². The van der Waals surface area contributed by atoms with E-state index in [0.29, 0.717) is 5.92 Å². The molecule has 1 aliphatic carbocycles. The third kappa shape index (κ3) is 1.80. The molecule has 0 saturated heterocycles. The lowest BCUT2D eigenvalue weighted by Crippen LogP contribution is -2.20. The lowest BCUT2D eigenvalue weighted by molar-refractivity contribution is 0.442. The number of aromatic nitrogens is 1. The van der Waals surface area contributed by atoms with Gasteiger partial charge in [-0.15, -0.1) is 0 Å². The molecule has 0 aliphatic heterocycles. The van der Waals surface area contributed by atoms with Crippen molar-refractivity contribution in [1.82, 2.24) is 4.98 Å². The predicted molar refractivity (Wildman–Crippen MR) is 57.9 cm³/mol. The minimum absolute atomic E-state index is 0.200. The number of hydrogen-bond donors (Lipinski definition) is 1. The van der Waals surface area contributed by atoms with Crippen LogP contribution in [-0.2, 0) is 0 Å². The van der Waals surface area contributed by atoms with Crippen molar-refractivity contribution in [1.29, 1.82) is 0 Å². The number of nitrogens with two attached hydrogens (primary N) is 1. The molecule has 0 aromatic carbocycles. The third-order valence-corrected chi connectivity index (χ3v) is 3.31. The van der Waals surface area contributed by atoms with Gasteiger partial charge in [0.25, 0.3) is 0 Å². The first kappa shape index (κ1) is 9.66. The topological polar surface area (TPSA) is 38.9 Å². The molecule has 1 heterocycles. The molecule has 0 radical (unpaired) electrons. The smallest absolute Gasteiger partial charge is 0.0420 e. The molecule has 1 atom stereocenters. The number of rotatable bonds is 2. The SMILES string of the molecule is Cc1ncccc1C(N)C1CCCC1. The molecule has 1 saturated carbocycles. The van der Waals surface area contributed by atoms with Gasteiger partial charge in [-0.3, -0.25) is 4.98 Å². The fraction of sp³-hybridized carbons (Fsp3) is 0.583. The van der Waals surface area contributed by atoms with Gasteiger partial charge in [-0.2, -0.15) is 0 Å². The first-order chi connectivity index (χ1) is 6.79. The van der Waals surface area contributed by atoms with Crippen molar-refractivity contribution in [3.63, 3.8) is 0 Å². The fourth-order valence-electron chi connectivity index (χ4n) is 2.42. The van der Waals surface area contributed by atoms with Crippen LogP contribution >= 0.6 is 0 Å². The summed E-state index contributed by atoms with van der Waals surface area (Å²) in [5.41, 5.74) is 8.59. The number of pyridine rings is 1. The van der Waals surface area contributed by atoms with Gasteiger partial charge in [0.05, 0.1) is 0 Å². The van der Waals surface area contributed by atoms with Crippen LogP contribution in [0.5, 0.6) is 0 Å². The predicted octanol–water partition coefficient (Wildman–Crippen LogP) is 2.58. The van der Waals surface area contributed by atoms with Gasteiger partial charge in [-0.1, -0.05) is 18.9 Å². The summed E-state index contributed by atoms with van der Waals surface area (Å²) in [7, 11) is 0. The minimum Gasteiger partial charge on any atom is -0.324 e. The van der Waals surface area contributed by atoms with Crippen molar-refractivity contribution >= 4 is 0 Å². The van der Waals surface area contributed by atoms with Crippen LogP contribution in [0, 0.1) is 12.8 Å². The second-order valence-electron chi connectivity index (χ2n) is 4.25. The Balaban J connectivity index is 2.17. The van der Waals surface area contributed by atoms with Gasteiger partial charge >= 0.3 is 0 Å². The molecular formula is C12H18N2. The van der Waals surface area contributed by atoms with E-state index in [-0.39, 0.29) is 6.04 Å². The summed E-state index contributed by atoms with van der Waals surface area (Å²) in [4.78, 5) is 4.29. The van der Waals surface area contributed by atoms with E-state index in [4.69, 9.17) is 5.73 Å². The van der Waals surface area contributed by atoms with Gasteiger partial charge in [-0.05, 0) is 37.3 Å². The van der Waals surface area contributed by atoms with Crippen LogP contribution in [0.25, 0.3) is 0 Å². The van der Waals surface area contributed by atoms with Crippen molar-refractivity contribution in [2.45, 2.75) is 38.6 Å². The number of nitrogens with zero attached hydrogens (tertiary/aromatic N) is 1. The summed E-state index contributed by atoms with van der Waals surface area (Å²) in [6.45, 7) is 2.05. The first-order valence-corrected chi connectivity index (χ1v) is 5.46. The molecule has 2 heteroatoms. The molecule has 1 aliphatic rings. The Morgan fingerprint density at radius 1 is 1.43 bits per heavy atom. The molecule has 1 aromatic heterocycles. The van der Waals surface area contributed by atoms with Crippen molar-refractivity contribution in [3.8, 4) is 0 Å². The van der Waals surface area contributed by atoms with Crippen LogP contribution in [0.15, 0.2) is 18.3 Å². The first-order valence-electron chi connectivity index (χ1n) is 5.46. The van der Waals surface area contributed by atoms with Gasteiger partial charge in [0.15, 0.2) is 0 Å². The van der Waals surface area contributed by atoms with Gasteiger partial charge in [0.1, 0.15) is 0 Å². The molecule has 2 nitrogen and oxygen atoms in total. The van der Waals surface area contributed by atoms with Crippen LogP contribution in [0.1, 0.15) is 43.0 Å². The van der Waals surface area contributed by atoms with Crippen LogP contribution in [-0.4, -0.2) is 4.98 Å². The molecule has 76 valence electrons. The summed E-state index contributed by atoms with van der Waals surface area (Å²) in [6.07, 6.45) is 7.10. The molecule has 14 heavy (non-hydrogen) atoms. The normalized spacial score (nSPS) is 19.9. The van der Waals surface area contributed by atoms with E-state index in [1.807, 2.05) is 19.2 Å². The Morgan fingerprint density at radius 3 is 2.79 bits per heavy atom. The molecule has 0 spiro atoms. The maximum atomic E-state index is 6.26. The minimum atomic E-state index is 0.200. The second-order valence-corrected chi connectivity index (χ2v) is 4.25. The largest absolute Gasteiger partial charge is 0.324 e. The van der Waals surface area contributed by atoms with E-state index in [2.05, 4.69) is 11.1 Å². The molecule has 2 N–H and O–H groups in total. The average Bonchev–Trinajstić information content (AvgIpc) is 2.70. The van der Waals surface area contributed by atoms with E-state index in [9.17, 15) is 0 Å². The molecule has 1 fully saturated rings. The summed E-state index contributed by atoms with van der Waals surface area (Å²) in [5.74, 6) is 0.679. The number of hydrogen-bond acceptors (Lipinski definition) is 2. The van der Waals surface area contributed by atoms with Crippen LogP contribution in [0.4, 0.5) is 0 Å². The molecule has 0 bridgehead atoms. The lowest BCUT2D eigenvalue weighted by atomic mass is 9.92. The Bertz CT molecular complexity index is 303. The van der Waals surface area contributed by atoms with Gasteiger partial charge in [0, 0.05) is 17.9 Å². The van der Waals surface area contributed by atoms with E-state index in [1.165, 1.54) is 31.2 Å². The zero-order valence-electron chi connectivity index (χ0n) is 8.74. The molecule has 1 aromatic rings. The van der Waals surface area contributed by atoms with E-state index in [1.54, 1.807) is 0 Å². The van der Waals surface area contributed by atoms with Crippen molar-refractivity contribution < 1.29 is 0 Å². The highest BCUT2D eigenvalue weighted by molar-refractivity contribution is 5.22. The van der Waals surface area contributed by atoms with Crippen LogP contribution in [0.2, 0.25) is 0 Å². The maximum Gasteiger partial charge on any atom is 0.0420 e. The second kappa shape index (κ2) is 4.09. The summed E-state index contributed by atoms with van der Waals surface area (Å²) < 4.78 is 0. The van der Waals surface area contributed by atoms with Crippen LogP contribution < -0.4 is 5.73 Å². The standard InChI is InChI=1S/C12H18N2/c1-9-11(7-4-8-14-9)12(13)10-5-2-3-6-10/h4,7-8,10,12H,2-3,5-6,13H2,1H3. The Morgan fingerprint density at radius 2 is 2.14 bits per heavy atom. The third-order valence-electron chi connectivity index (χ3n) is 3.31. The Labute approximate surface area is 85.5 Å². The zero-order valence-corrected chi connectivity index (χ0v) is 8.74. The molecule has 2 rings (SSSR count). The number of aryl methyl sites for hydroxylation is 1. The van der Waals surface area contributed by atoms with Crippen molar-refractivity contribution in [2.75, 3.05) is 0 Å². The molecule has 1 unspecified atom stereocenters. The highest BCUT2D eigenvalue weighted by Gasteiger charge is 2.24. The Kier molecular flexibility index (Phi) is 2.82. The van der Waals surface area contributed by atoms with E-state index >= 15 is 0 Å².